The molecule has 1 atom stereocenters. The van der Waals surface area contributed by atoms with Gasteiger partial charge in [-0.05, 0) is 49.7 Å². The zero-order valence-electron chi connectivity index (χ0n) is 16.2. The number of para-hydroxylation sites is 1. The van der Waals surface area contributed by atoms with Gasteiger partial charge in [-0.15, -0.1) is 0 Å². The van der Waals surface area contributed by atoms with E-state index >= 15 is 0 Å². The minimum Gasteiger partial charge on any atom is -0.487 e. The van der Waals surface area contributed by atoms with E-state index in [2.05, 4.69) is 14.9 Å². The SMILES string of the molecule is NC(=O)C1(c2ccccn2)CCCN1Cc1ccccc1OCc1ccccn1. The summed E-state index contributed by atoms with van der Waals surface area (Å²) in [6.07, 6.45) is 5.01. The fourth-order valence-electron chi connectivity index (χ4n) is 4.01. The number of carbonyl (C=O) groups is 1. The molecule has 4 rings (SSSR count). The van der Waals surface area contributed by atoms with Crippen LogP contribution in [0.1, 0.15) is 29.8 Å². The molecule has 3 aromatic rings. The molecule has 2 N–H and O–H groups in total. The molecule has 0 aliphatic carbocycles. The van der Waals surface area contributed by atoms with Gasteiger partial charge in [-0.1, -0.05) is 30.3 Å². The summed E-state index contributed by atoms with van der Waals surface area (Å²) in [6, 6.07) is 19.3. The first-order valence-corrected chi connectivity index (χ1v) is 9.77. The number of primary amides is 1. The first-order chi connectivity index (χ1) is 14.2. The number of hydrogen-bond donors (Lipinski definition) is 1. The number of carbonyl (C=O) groups excluding carboxylic acids is 1. The molecule has 3 heterocycles. The van der Waals surface area contributed by atoms with E-state index in [4.69, 9.17) is 10.5 Å². The Morgan fingerprint density at radius 3 is 2.52 bits per heavy atom. The van der Waals surface area contributed by atoms with Crippen molar-refractivity contribution < 1.29 is 9.53 Å². The highest BCUT2D eigenvalue weighted by atomic mass is 16.5. The van der Waals surface area contributed by atoms with Gasteiger partial charge in [-0.3, -0.25) is 19.7 Å². The van der Waals surface area contributed by atoms with Gasteiger partial charge in [0.2, 0.25) is 5.91 Å². The second-order valence-electron chi connectivity index (χ2n) is 7.18. The molecular formula is C23H24N4O2. The van der Waals surface area contributed by atoms with Gasteiger partial charge >= 0.3 is 0 Å². The van der Waals surface area contributed by atoms with Crippen LogP contribution < -0.4 is 10.5 Å². The van der Waals surface area contributed by atoms with Gasteiger partial charge in [0.15, 0.2) is 0 Å². The number of pyridine rings is 2. The van der Waals surface area contributed by atoms with E-state index in [1.54, 1.807) is 12.4 Å². The average Bonchev–Trinajstić information content (AvgIpc) is 3.19. The molecule has 148 valence electrons. The Labute approximate surface area is 170 Å². The Kier molecular flexibility index (Phi) is 5.53. The second-order valence-corrected chi connectivity index (χ2v) is 7.18. The molecule has 1 aliphatic heterocycles. The zero-order chi connectivity index (χ0) is 20.1. The largest absolute Gasteiger partial charge is 0.487 e. The molecule has 0 radical (unpaired) electrons. The fraction of sp³-hybridized carbons (Fsp3) is 0.261. The predicted molar refractivity (Wildman–Crippen MR) is 110 cm³/mol. The van der Waals surface area contributed by atoms with Crippen molar-refractivity contribution in [3.8, 4) is 5.75 Å². The van der Waals surface area contributed by atoms with Crippen molar-refractivity contribution in [2.24, 2.45) is 5.73 Å². The van der Waals surface area contributed by atoms with Crippen LogP contribution in [-0.4, -0.2) is 27.3 Å². The van der Waals surface area contributed by atoms with E-state index in [0.717, 1.165) is 30.0 Å². The van der Waals surface area contributed by atoms with Crippen LogP contribution in [0.15, 0.2) is 73.1 Å². The molecule has 1 saturated heterocycles. The molecule has 0 spiro atoms. The molecule has 2 aromatic heterocycles. The molecule has 29 heavy (non-hydrogen) atoms. The van der Waals surface area contributed by atoms with Gasteiger partial charge in [0.1, 0.15) is 17.9 Å². The van der Waals surface area contributed by atoms with Crippen LogP contribution in [-0.2, 0) is 23.5 Å². The predicted octanol–water partition coefficient (Wildman–Crippen LogP) is 3.03. The van der Waals surface area contributed by atoms with E-state index < -0.39 is 5.54 Å². The third-order valence-corrected chi connectivity index (χ3v) is 5.44. The van der Waals surface area contributed by atoms with Crippen molar-refractivity contribution in [3.05, 3.63) is 90.0 Å². The van der Waals surface area contributed by atoms with Crippen molar-refractivity contribution in [1.29, 1.82) is 0 Å². The van der Waals surface area contributed by atoms with E-state index in [-0.39, 0.29) is 5.91 Å². The van der Waals surface area contributed by atoms with Crippen LogP contribution in [0, 0.1) is 0 Å². The summed E-state index contributed by atoms with van der Waals surface area (Å²) in [7, 11) is 0. The number of amides is 1. The fourth-order valence-corrected chi connectivity index (χ4v) is 4.01. The van der Waals surface area contributed by atoms with Gasteiger partial charge in [-0.25, -0.2) is 0 Å². The monoisotopic (exact) mass is 388 g/mol. The number of rotatable bonds is 7. The maximum atomic E-state index is 12.6. The van der Waals surface area contributed by atoms with Gasteiger partial charge in [-0.2, -0.15) is 0 Å². The summed E-state index contributed by atoms with van der Waals surface area (Å²) in [5.74, 6) is 0.421. The Morgan fingerprint density at radius 2 is 1.79 bits per heavy atom. The molecular weight excluding hydrogens is 364 g/mol. The van der Waals surface area contributed by atoms with Gasteiger partial charge in [0, 0.05) is 24.5 Å². The number of benzene rings is 1. The number of nitrogens with zero attached hydrogens (tertiary/aromatic N) is 3. The Balaban J connectivity index is 1.59. The first-order valence-electron chi connectivity index (χ1n) is 9.77. The van der Waals surface area contributed by atoms with Gasteiger partial charge in [0.25, 0.3) is 0 Å². The van der Waals surface area contributed by atoms with Crippen LogP contribution in [0.4, 0.5) is 0 Å². The van der Waals surface area contributed by atoms with Crippen molar-refractivity contribution in [3.63, 3.8) is 0 Å². The Morgan fingerprint density at radius 1 is 1.03 bits per heavy atom. The van der Waals surface area contributed by atoms with Crippen LogP contribution in [0.5, 0.6) is 5.75 Å². The number of aromatic nitrogens is 2. The lowest BCUT2D eigenvalue weighted by atomic mass is 9.90. The molecule has 1 fully saturated rings. The number of hydrogen-bond acceptors (Lipinski definition) is 5. The van der Waals surface area contributed by atoms with Crippen LogP contribution in [0.2, 0.25) is 0 Å². The molecule has 1 aliphatic rings. The molecule has 0 bridgehead atoms. The van der Waals surface area contributed by atoms with E-state index in [1.807, 2.05) is 60.7 Å². The lowest BCUT2D eigenvalue weighted by Gasteiger charge is -2.35. The van der Waals surface area contributed by atoms with E-state index in [9.17, 15) is 4.79 Å². The summed E-state index contributed by atoms with van der Waals surface area (Å²) in [5.41, 5.74) is 7.60. The summed E-state index contributed by atoms with van der Waals surface area (Å²) >= 11 is 0. The quantitative estimate of drug-likeness (QED) is 0.673. The summed E-state index contributed by atoms with van der Waals surface area (Å²) in [5, 5.41) is 0. The number of likely N-dealkylation sites (tertiary alicyclic amines) is 1. The van der Waals surface area contributed by atoms with Crippen molar-refractivity contribution >= 4 is 5.91 Å². The maximum Gasteiger partial charge on any atom is 0.244 e. The highest BCUT2D eigenvalue weighted by molar-refractivity contribution is 5.86. The van der Waals surface area contributed by atoms with Crippen LogP contribution in [0.25, 0.3) is 0 Å². The highest BCUT2D eigenvalue weighted by Crippen LogP contribution is 2.39. The summed E-state index contributed by atoms with van der Waals surface area (Å²) in [6.45, 7) is 1.71. The van der Waals surface area contributed by atoms with Gasteiger partial charge < -0.3 is 10.5 Å². The standard InChI is InChI=1S/C23H24N4O2/c24-22(28)23(21-11-4-6-14-26-21)12-7-15-27(23)16-18-8-1-2-10-20(18)29-17-19-9-3-5-13-25-19/h1-6,8-11,13-14H,7,12,15-17H2,(H2,24,28). The topological polar surface area (TPSA) is 81.3 Å². The third kappa shape index (κ3) is 3.84. The lowest BCUT2D eigenvalue weighted by Crippen LogP contribution is -2.51. The minimum absolute atomic E-state index is 0.361. The minimum atomic E-state index is -0.893. The van der Waals surface area contributed by atoms with Crippen LogP contribution in [0.3, 0.4) is 0 Å². The van der Waals surface area contributed by atoms with E-state index in [0.29, 0.717) is 25.3 Å². The molecule has 6 nitrogen and oxygen atoms in total. The van der Waals surface area contributed by atoms with Gasteiger partial charge in [0.05, 0.1) is 11.4 Å². The van der Waals surface area contributed by atoms with Crippen LogP contribution >= 0.6 is 0 Å². The Hall–Kier alpha value is -3.25. The van der Waals surface area contributed by atoms with Crippen molar-refractivity contribution in [2.45, 2.75) is 31.5 Å². The number of nitrogens with two attached hydrogens (primary N) is 1. The first kappa shape index (κ1) is 19.1. The summed E-state index contributed by atoms with van der Waals surface area (Å²) in [4.78, 5) is 23.5. The zero-order valence-corrected chi connectivity index (χ0v) is 16.2. The third-order valence-electron chi connectivity index (χ3n) is 5.44. The van der Waals surface area contributed by atoms with E-state index in [1.165, 1.54) is 0 Å². The number of ether oxygens (including phenoxy) is 1. The maximum absolute atomic E-state index is 12.6. The molecule has 1 amide bonds. The Bertz CT molecular complexity index is 965. The van der Waals surface area contributed by atoms with Crippen molar-refractivity contribution in [1.82, 2.24) is 14.9 Å². The molecule has 6 heteroatoms. The normalized spacial score (nSPS) is 19.2. The molecule has 0 saturated carbocycles. The lowest BCUT2D eigenvalue weighted by molar-refractivity contribution is -0.129. The highest BCUT2D eigenvalue weighted by Gasteiger charge is 2.48. The molecule has 1 unspecified atom stereocenters. The van der Waals surface area contributed by atoms with Crippen molar-refractivity contribution in [2.75, 3.05) is 6.54 Å². The smallest absolute Gasteiger partial charge is 0.244 e. The summed E-state index contributed by atoms with van der Waals surface area (Å²) < 4.78 is 6.05. The average molecular weight is 388 g/mol. The molecule has 1 aromatic carbocycles. The second kappa shape index (κ2) is 8.41.